The standard InChI is InChI=1S/C17H19N5O3/c1-11-6-4-5-9-17(11)15(24)21(16(25)18-17)10-22-14(23)12-7-2-3-8-13(12)19-20-22/h2-3,7-8,11H,4-6,9-10H2,1H3,(H,18,25)/t11-,17+/m0/s1. The van der Waals surface area contributed by atoms with Gasteiger partial charge in [-0.05, 0) is 30.9 Å². The number of urea groups is 1. The highest BCUT2D eigenvalue weighted by Crippen LogP contribution is 2.38. The van der Waals surface area contributed by atoms with Crippen molar-refractivity contribution in [3.63, 3.8) is 0 Å². The lowest BCUT2D eigenvalue weighted by Gasteiger charge is -2.36. The van der Waals surface area contributed by atoms with Gasteiger partial charge in [0.25, 0.3) is 11.5 Å². The SMILES string of the molecule is C[C@H]1CCCC[C@@]12NC(=O)N(Cn1nnc3ccccc3c1=O)C2=O. The molecular formula is C17H19N5O3. The third-order valence-electron chi connectivity index (χ3n) is 5.41. The van der Waals surface area contributed by atoms with Crippen molar-refractivity contribution in [3.8, 4) is 0 Å². The van der Waals surface area contributed by atoms with E-state index in [0.717, 1.165) is 28.8 Å². The van der Waals surface area contributed by atoms with Crippen LogP contribution in [0.1, 0.15) is 32.6 Å². The number of amides is 3. The van der Waals surface area contributed by atoms with Crippen LogP contribution >= 0.6 is 0 Å². The maximum absolute atomic E-state index is 13.0. The summed E-state index contributed by atoms with van der Waals surface area (Å²) in [6.45, 7) is 1.76. The summed E-state index contributed by atoms with van der Waals surface area (Å²) < 4.78 is 1.06. The molecule has 2 aliphatic rings. The van der Waals surface area contributed by atoms with E-state index in [1.165, 1.54) is 0 Å². The van der Waals surface area contributed by atoms with E-state index in [1.807, 2.05) is 6.92 Å². The van der Waals surface area contributed by atoms with Crippen LogP contribution in [0.3, 0.4) is 0 Å². The molecule has 2 heterocycles. The van der Waals surface area contributed by atoms with E-state index in [0.29, 0.717) is 17.3 Å². The molecule has 0 bridgehead atoms. The fourth-order valence-electron chi connectivity index (χ4n) is 3.87. The molecule has 2 aromatic rings. The number of rotatable bonds is 2. The van der Waals surface area contributed by atoms with Crippen LogP contribution in [0.2, 0.25) is 0 Å². The van der Waals surface area contributed by atoms with Crippen molar-refractivity contribution >= 4 is 22.8 Å². The van der Waals surface area contributed by atoms with Gasteiger partial charge in [-0.25, -0.2) is 9.69 Å². The minimum Gasteiger partial charge on any atom is -0.323 e. The lowest BCUT2D eigenvalue weighted by atomic mass is 9.73. The largest absolute Gasteiger partial charge is 0.326 e. The van der Waals surface area contributed by atoms with E-state index in [4.69, 9.17) is 0 Å². The molecule has 1 spiro atoms. The van der Waals surface area contributed by atoms with Crippen molar-refractivity contribution in [1.82, 2.24) is 25.2 Å². The van der Waals surface area contributed by atoms with Crippen molar-refractivity contribution in [2.75, 3.05) is 0 Å². The lowest BCUT2D eigenvalue weighted by molar-refractivity contribution is -0.135. The quantitative estimate of drug-likeness (QED) is 0.829. The fraction of sp³-hybridized carbons (Fsp3) is 0.471. The fourth-order valence-corrected chi connectivity index (χ4v) is 3.87. The Balaban J connectivity index is 1.67. The predicted octanol–water partition coefficient (Wildman–Crippen LogP) is 1.25. The molecule has 0 radical (unpaired) electrons. The number of carbonyl (C=O) groups is 2. The minimum atomic E-state index is -0.844. The zero-order valence-corrected chi connectivity index (χ0v) is 13.9. The van der Waals surface area contributed by atoms with E-state index in [-0.39, 0.29) is 24.1 Å². The van der Waals surface area contributed by atoms with Crippen molar-refractivity contribution in [2.45, 2.75) is 44.8 Å². The van der Waals surface area contributed by atoms with Crippen molar-refractivity contribution in [1.29, 1.82) is 0 Å². The Bertz CT molecular complexity index is 924. The van der Waals surface area contributed by atoms with Gasteiger partial charge < -0.3 is 5.32 Å². The first-order chi connectivity index (χ1) is 12.0. The van der Waals surface area contributed by atoms with Crippen LogP contribution < -0.4 is 10.9 Å². The Hall–Kier alpha value is -2.77. The van der Waals surface area contributed by atoms with Gasteiger partial charge in [0.15, 0.2) is 0 Å². The average Bonchev–Trinajstić information content (AvgIpc) is 2.85. The minimum absolute atomic E-state index is 0.0714. The Kier molecular flexibility index (Phi) is 3.55. The number of imide groups is 1. The third-order valence-corrected chi connectivity index (χ3v) is 5.41. The van der Waals surface area contributed by atoms with E-state index >= 15 is 0 Å². The monoisotopic (exact) mass is 341 g/mol. The number of hydrogen-bond donors (Lipinski definition) is 1. The second kappa shape index (κ2) is 5.65. The normalized spacial score (nSPS) is 26.4. The molecule has 2 atom stereocenters. The molecular weight excluding hydrogens is 322 g/mol. The van der Waals surface area contributed by atoms with Gasteiger partial charge in [0.1, 0.15) is 17.7 Å². The number of carbonyl (C=O) groups excluding carboxylic acids is 2. The zero-order chi connectivity index (χ0) is 17.6. The Morgan fingerprint density at radius 3 is 2.84 bits per heavy atom. The molecule has 1 saturated carbocycles. The molecule has 25 heavy (non-hydrogen) atoms. The highest BCUT2D eigenvalue weighted by Gasteiger charge is 2.55. The summed E-state index contributed by atoms with van der Waals surface area (Å²) in [6.07, 6.45) is 3.49. The number of aromatic nitrogens is 3. The Morgan fingerprint density at radius 1 is 1.24 bits per heavy atom. The van der Waals surface area contributed by atoms with Crippen LogP contribution in [-0.2, 0) is 11.5 Å². The first-order valence-corrected chi connectivity index (χ1v) is 8.49. The highest BCUT2D eigenvalue weighted by molar-refractivity contribution is 6.07. The molecule has 4 rings (SSSR count). The van der Waals surface area contributed by atoms with Gasteiger partial charge in [-0.2, -0.15) is 4.68 Å². The first-order valence-electron chi connectivity index (χ1n) is 8.49. The lowest BCUT2D eigenvalue weighted by Crippen LogP contribution is -2.54. The maximum Gasteiger partial charge on any atom is 0.326 e. The molecule has 130 valence electrons. The number of benzene rings is 1. The van der Waals surface area contributed by atoms with Gasteiger partial charge in [-0.15, -0.1) is 5.10 Å². The van der Waals surface area contributed by atoms with Crippen LogP contribution in [0.25, 0.3) is 10.9 Å². The molecule has 0 unspecified atom stereocenters. The van der Waals surface area contributed by atoms with Crippen molar-refractivity contribution < 1.29 is 9.59 Å². The van der Waals surface area contributed by atoms with Gasteiger partial charge in [0, 0.05) is 0 Å². The van der Waals surface area contributed by atoms with Gasteiger partial charge in [0.05, 0.1) is 5.39 Å². The molecule has 8 nitrogen and oxygen atoms in total. The topological polar surface area (TPSA) is 97.2 Å². The second-order valence-corrected chi connectivity index (χ2v) is 6.83. The number of nitrogens with zero attached hydrogens (tertiary/aromatic N) is 4. The summed E-state index contributed by atoms with van der Waals surface area (Å²) in [5.41, 5.74) is -0.731. The van der Waals surface area contributed by atoms with Gasteiger partial charge in [0.2, 0.25) is 0 Å². The van der Waals surface area contributed by atoms with E-state index in [9.17, 15) is 14.4 Å². The summed E-state index contributed by atoms with van der Waals surface area (Å²) in [4.78, 5) is 39.0. The average molecular weight is 341 g/mol. The number of hydrogen-bond acceptors (Lipinski definition) is 5. The van der Waals surface area contributed by atoms with E-state index in [1.54, 1.807) is 24.3 Å². The summed E-state index contributed by atoms with van der Waals surface area (Å²) >= 11 is 0. The first kappa shape index (κ1) is 15.7. The third kappa shape index (κ3) is 2.32. The highest BCUT2D eigenvalue weighted by atomic mass is 16.2. The molecule has 1 aromatic carbocycles. The van der Waals surface area contributed by atoms with E-state index in [2.05, 4.69) is 15.6 Å². The van der Waals surface area contributed by atoms with Crippen LogP contribution in [0, 0.1) is 5.92 Å². The van der Waals surface area contributed by atoms with Crippen LogP contribution in [0.15, 0.2) is 29.1 Å². The maximum atomic E-state index is 13.0. The Morgan fingerprint density at radius 2 is 2.04 bits per heavy atom. The van der Waals surface area contributed by atoms with Crippen LogP contribution in [0.4, 0.5) is 4.79 Å². The predicted molar refractivity (Wildman–Crippen MR) is 89.5 cm³/mol. The zero-order valence-electron chi connectivity index (χ0n) is 13.9. The summed E-state index contributed by atoms with van der Waals surface area (Å²) in [5, 5.41) is 11.1. The Labute approximate surface area is 143 Å². The summed E-state index contributed by atoms with van der Waals surface area (Å²) in [7, 11) is 0. The van der Waals surface area contributed by atoms with Crippen molar-refractivity contribution in [2.24, 2.45) is 5.92 Å². The summed E-state index contributed by atoms with van der Waals surface area (Å²) in [6, 6.07) is 6.38. The molecule has 1 saturated heterocycles. The molecule has 1 aliphatic carbocycles. The molecule has 1 aromatic heterocycles. The smallest absolute Gasteiger partial charge is 0.323 e. The van der Waals surface area contributed by atoms with E-state index < -0.39 is 11.6 Å². The molecule has 1 N–H and O–H groups in total. The van der Waals surface area contributed by atoms with Crippen molar-refractivity contribution in [3.05, 3.63) is 34.6 Å². The molecule has 1 aliphatic heterocycles. The number of fused-ring (bicyclic) bond motifs is 1. The second-order valence-electron chi connectivity index (χ2n) is 6.83. The molecule has 2 fully saturated rings. The summed E-state index contributed by atoms with van der Waals surface area (Å²) in [5.74, 6) is -0.200. The van der Waals surface area contributed by atoms with Gasteiger partial charge in [-0.1, -0.05) is 37.1 Å². The van der Waals surface area contributed by atoms with Crippen LogP contribution in [0.5, 0.6) is 0 Å². The molecule has 3 amide bonds. The number of nitrogens with one attached hydrogen (secondary N) is 1. The van der Waals surface area contributed by atoms with Gasteiger partial charge >= 0.3 is 6.03 Å². The molecule has 8 heteroatoms. The van der Waals surface area contributed by atoms with Crippen LogP contribution in [-0.4, -0.2) is 37.4 Å². The van der Waals surface area contributed by atoms with Gasteiger partial charge in [-0.3, -0.25) is 9.59 Å².